The highest BCUT2D eigenvalue weighted by atomic mass is 16.5. The zero-order chi connectivity index (χ0) is 13.5. The first kappa shape index (κ1) is 14.3. The van der Waals surface area contributed by atoms with Crippen LogP contribution in [0.3, 0.4) is 0 Å². The molecule has 0 aliphatic rings. The number of aliphatic hydroxyl groups excluding tert-OH is 1. The maximum atomic E-state index is 11.1. The second-order valence-electron chi connectivity index (χ2n) is 3.79. The number of esters is 1. The second kappa shape index (κ2) is 6.86. The lowest BCUT2D eigenvalue weighted by Crippen LogP contribution is -2.07. The summed E-state index contributed by atoms with van der Waals surface area (Å²) >= 11 is 0. The molecule has 1 aromatic rings. The maximum absolute atomic E-state index is 11.1. The topological polar surface area (TPSA) is 76.0 Å². The van der Waals surface area contributed by atoms with Crippen LogP contribution < -0.4 is 4.74 Å². The van der Waals surface area contributed by atoms with E-state index in [0.29, 0.717) is 17.9 Å². The first-order chi connectivity index (χ1) is 8.58. The Kier molecular flexibility index (Phi) is 5.45. The molecule has 1 aromatic carbocycles. The second-order valence-corrected chi connectivity index (χ2v) is 3.79. The van der Waals surface area contributed by atoms with Gasteiger partial charge in [-0.3, -0.25) is 4.79 Å². The van der Waals surface area contributed by atoms with Crippen LogP contribution in [0.25, 0.3) is 0 Å². The van der Waals surface area contributed by atoms with Crippen LogP contribution in [-0.4, -0.2) is 29.9 Å². The van der Waals surface area contributed by atoms with Gasteiger partial charge in [-0.05, 0) is 31.0 Å². The number of hydrogen-bond acceptors (Lipinski definition) is 5. The first-order valence-electron chi connectivity index (χ1n) is 5.79. The molecule has 18 heavy (non-hydrogen) atoms. The maximum Gasteiger partial charge on any atom is 0.305 e. The molecule has 0 saturated carbocycles. The molecule has 0 spiro atoms. The Morgan fingerprint density at radius 3 is 2.72 bits per heavy atom. The normalized spacial score (nSPS) is 11.9. The molecule has 1 rings (SSSR count). The molecule has 5 heteroatoms. The predicted octanol–water partition coefficient (Wildman–Crippen LogP) is 1.78. The van der Waals surface area contributed by atoms with E-state index in [2.05, 4.69) is 0 Å². The fourth-order valence-electron chi connectivity index (χ4n) is 1.57. The third-order valence-corrected chi connectivity index (χ3v) is 2.51. The smallest absolute Gasteiger partial charge is 0.305 e. The number of aliphatic hydroxyl groups is 1. The lowest BCUT2D eigenvalue weighted by molar-refractivity contribution is -0.143. The van der Waals surface area contributed by atoms with Gasteiger partial charge in [-0.1, -0.05) is 6.07 Å². The molecule has 0 radical (unpaired) electrons. The van der Waals surface area contributed by atoms with E-state index in [1.165, 1.54) is 13.2 Å². The summed E-state index contributed by atoms with van der Waals surface area (Å²) in [5.41, 5.74) is 0.539. The standard InChI is InChI=1S/C13H18O5/c1-3-18-13(16)7-5-10(14)9-4-6-12(17-2)11(15)8-9/h4,6,8,10,14-15H,3,5,7H2,1-2H3. The van der Waals surface area contributed by atoms with Crippen molar-refractivity contribution in [2.45, 2.75) is 25.9 Å². The van der Waals surface area contributed by atoms with E-state index in [-0.39, 0.29) is 24.6 Å². The highest BCUT2D eigenvalue weighted by molar-refractivity contribution is 5.69. The fraction of sp³-hybridized carbons (Fsp3) is 0.462. The molecule has 100 valence electrons. The van der Waals surface area contributed by atoms with E-state index in [0.717, 1.165) is 0 Å². The molecule has 5 nitrogen and oxygen atoms in total. The molecule has 0 saturated heterocycles. The molecule has 2 N–H and O–H groups in total. The van der Waals surface area contributed by atoms with Crippen LogP contribution in [0.4, 0.5) is 0 Å². The van der Waals surface area contributed by atoms with Crippen LogP contribution in [0.15, 0.2) is 18.2 Å². The number of hydrogen-bond donors (Lipinski definition) is 2. The molecule has 0 amide bonds. The molecule has 0 heterocycles. The quantitative estimate of drug-likeness (QED) is 0.757. The third-order valence-electron chi connectivity index (χ3n) is 2.51. The zero-order valence-electron chi connectivity index (χ0n) is 10.5. The highest BCUT2D eigenvalue weighted by Gasteiger charge is 2.13. The summed E-state index contributed by atoms with van der Waals surface area (Å²) in [5.74, 6) is -0.0317. The van der Waals surface area contributed by atoms with Crippen molar-refractivity contribution in [1.82, 2.24) is 0 Å². The van der Waals surface area contributed by atoms with Gasteiger partial charge in [0.1, 0.15) is 0 Å². The SMILES string of the molecule is CCOC(=O)CCC(O)c1ccc(OC)c(O)c1. The predicted molar refractivity (Wildman–Crippen MR) is 65.5 cm³/mol. The molecular formula is C13H18O5. The van der Waals surface area contributed by atoms with E-state index in [1.807, 2.05) is 0 Å². The summed E-state index contributed by atoms with van der Waals surface area (Å²) in [6, 6.07) is 4.64. The number of benzene rings is 1. The minimum Gasteiger partial charge on any atom is -0.504 e. The monoisotopic (exact) mass is 254 g/mol. The molecule has 1 atom stereocenters. The van der Waals surface area contributed by atoms with Gasteiger partial charge in [0, 0.05) is 6.42 Å². The van der Waals surface area contributed by atoms with Crippen LogP contribution in [0.1, 0.15) is 31.4 Å². The van der Waals surface area contributed by atoms with Crippen LogP contribution in [0, 0.1) is 0 Å². The zero-order valence-corrected chi connectivity index (χ0v) is 10.5. The van der Waals surface area contributed by atoms with Crippen LogP contribution in [0.2, 0.25) is 0 Å². The van der Waals surface area contributed by atoms with Crippen molar-refractivity contribution in [2.24, 2.45) is 0 Å². The minimum absolute atomic E-state index is 0.0369. The Balaban J connectivity index is 2.58. The van der Waals surface area contributed by atoms with E-state index < -0.39 is 6.10 Å². The number of carbonyl (C=O) groups is 1. The van der Waals surface area contributed by atoms with Crippen molar-refractivity contribution in [1.29, 1.82) is 0 Å². The van der Waals surface area contributed by atoms with Gasteiger partial charge in [0.2, 0.25) is 0 Å². The van der Waals surface area contributed by atoms with E-state index >= 15 is 0 Å². The van der Waals surface area contributed by atoms with Crippen LogP contribution in [-0.2, 0) is 9.53 Å². The Hall–Kier alpha value is -1.75. The van der Waals surface area contributed by atoms with Gasteiger partial charge in [0.25, 0.3) is 0 Å². The largest absolute Gasteiger partial charge is 0.504 e. The summed E-state index contributed by atoms with van der Waals surface area (Å²) in [7, 11) is 1.45. The van der Waals surface area contributed by atoms with Crippen molar-refractivity contribution in [3.63, 3.8) is 0 Å². The Bertz CT molecular complexity index is 402. The van der Waals surface area contributed by atoms with Gasteiger partial charge in [-0.25, -0.2) is 0 Å². The molecule has 0 aliphatic carbocycles. The number of phenols is 1. The summed E-state index contributed by atoms with van der Waals surface area (Å²) in [6.07, 6.45) is -0.418. The number of methoxy groups -OCH3 is 1. The van der Waals surface area contributed by atoms with Crippen molar-refractivity contribution in [3.05, 3.63) is 23.8 Å². The summed E-state index contributed by atoms with van der Waals surface area (Å²) in [4.78, 5) is 11.1. The Morgan fingerprint density at radius 2 is 2.17 bits per heavy atom. The summed E-state index contributed by atoms with van der Waals surface area (Å²) in [6.45, 7) is 2.06. The summed E-state index contributed by atoms with van der Waals surface area (Å²) < 4.78 is 9.67. The third kappa shape index (κ3) is 3.92. The molecule has 0 aliphatic heterocycles. The number of ether oxygens (including phenoxy) is 2. The number of aromatic hydroxyl groups is 1. The average Bonchev–Trinajstić information content (AvgIpc) is 2.36. The van der Waals surface area contributed by atoms with Crippen molar-refractivity contribution in [3.8, 4) is 11.5 Å². The lowest BCUT2D eigenvalue weighted by atomic mass is 10.0. The Morgan fingerprint density at radius 1 is 1.44 bits per heavy atom. The van der Waals surface area contributed by atoms with Crippen LogP contribution >= 0.6 is 0 Å². The first-order valence-corrected chi connectivity index (χ1v) is 5.79. The van der Waals surface area contributed by atoms with Gasteiger partial charge in [-0.15, -0.1) is 0 Å². The molecule has 0 bridgehead atoms. The fourth-order valence-corrected chi connectivity index (χ4v) is 1.57. The average molecular weight is 254 g/mol. The summed E-state index contributed by atoms with van der Waals surface area (Å²) in [5, 5.41) is 19.4. The molecular weight excluding hydrogens is 236 g/mol. The number of rotatable bonds is 6. The van der Waals surface area contributed by atoms with E-state index in [1.54, 1.807) is 19.1 Å². The van der Waals surface area contributed by atoms with Gasteiger partial charge < -0.3 is 19.7 Å². The van der Waals surface area contributed by atoms with E-state index in [4.69, 9.17) is 9.47 Å². The lowest BCUT2D eigenvalue weighted by Gasteiger charge is -2.12. The molecule has 1 unspecified atom stereocenters. The highest BCUT2D eigenvalue weighted by Crippen LogP contribution is 2.30. The molecule has 0 fully saturated rings. The number of carbonyl (C=O) groups excluding carboxylic acids is 1. The van der Waals surface area contributed by atoms with Gasteiger partial charge in [0.15, 0.2) is 11.5 Å². The van der Waals surface area contributed by atoms with Crippen molar-refractivity contribution >= 4 is 5.97 Å². The Labute approximate surface area is 106 Å². The van der Waals surface area contributed by atoms with Gasteiger partial charge >= 0.3 is 5.97 Å². The van der Waals surface area contributed by atoms with Crippen LogP contribution in [0.5, 0.6) is 11.5 Å². The van der Waals surface area contributed by atoms with Crippen molar-refractivity contribution in [2.75, 3.05) is 13.7 Å². The van der Waals surface area contributed by atoms with E-state index in [9.17, 15) is 15.0 Å². The van der Waals surface area contributed by atoms with Crippen molar-refractivity contribution < 1.29 is 24.5 Å². The minimum atomic E-state index is -0.814. The van der Waals surface area contributed by atoms with Gasteiger partial charge in [0.05, 0.1) is 19.8 Å². The molecule has 0 aromatic heterocycles. The van der Waals surface area contributed by atoms with Gasteiger partial charge in [-0.2, -0.15) is 0 Å². The number of phenolic OH excluding ortho intramolecular Hbond substituents is 1.